The van der Waals surface area contributed by atoms with Gasteiger partial charge in [0.05, 0.1) is 8.61 Å². The van der Waals surface area contributed by atoms with Crippen molar-refractivity contribution in [3.63, 3.8) is 0 Å². The van der Waals surface area contributed by atoms with Gasteiger partial charge in [-0.3, -0.25) is 0 Å². The zero-order valence-electron chi connectivity index (χ0n) is 9.74. The first kappa shape index (κ1) is 13.8. The Balaban J connectivity index is 2.18. The first-order chi connectivity index (χ1) is 9.16. The lowest BCUT2D eigenvalue weighted by molar-refractivity contribution is 1.21. The quantitative estimate of drug-likeness (QED) is 0.364. The summed E-state index contributed by atoms with van der Waals surface area (Å²) in [7, 11) is 0. The van der Waals surface area contributed by atoms with Crippen LogP contribution in [0.25, 0.3) is 10.8 Å². The van der Waals surface area contributed by atoms with Crippen molar-refractivity contribution in [3.05, 3.63) is 67.2 Å². The second-order valence-electron chi connectivity index (χ2n) is 4.23. The van der Waals surface area contributed by atoms with Crippen LogP contribution < -0.4 is 0 Å². The van der Waals surface area contributed by atoms with Gasteiger partial charge in [-0.2, -0.15) is 0 Å². The topological polar surface area (TPSA) is 0 Å². The number of rotatable bonds is 2. The second-order valence-corrected chi connectivity index (χ2v) is 8.29. The molecule has 4 heteroatoms. The minimum atomic E-state index is 0.216. The minimum absolute atomic E-state index is 0.216. The van der Waals surface area contributed by atoms with Crippen molar-refractivity contribution in [2.75, 3.05) is 0 Å². The van der Waals surface area contributed by atoms with Crippen molar-refractivity contribution >= 4 is 69.9 Å². The SMILES string of the molecule is Brc1cc(C(Br)c2ccc(Br)c3ccccc23)cs1. The molecule has 0 N–H and O–H groups in total. The zero-order valence-corrected chi connectivity index (χ0v) is 15.3. The molecule has 0 amide bonds. The third kappa shape index (κ3) is 2.68. The maximum Gasteiger partial charge on any atom is 0.0701 e. The van der Waals surface area contributed by atoms with Gasteiger partial charge in [0.1, 0.15) is 0 Å². The average Bonchev–Trinajstić information content (AvgIpc) is 2.86. The molecule has 0 nitrogen and oxygen atoms in total. The van der Waals surface area contributed by atoms with E-state index in [9.17, 15) is 0 Å². The van der Waals surface area contributed by atoms with Crippen LogP contribution in [0, 0.1) is 0 Å². The maximum absolute atomic E-state index is 3.82. The number of thiophene rings is 1. The van der Waals surface area contributed by atoms with E-state index in [1.807, 2.05) is 0 Å². The number of alkyl halides is 1. The Labute approximate surface area is 141 Å². The number of hydrogen-bond donors (Lipinski definition) is 0. The minimum Gasteiger partial charge on any atom is -0.136 e. The monoisotopic (exact) mass is 458 g/mol. The Kier molecular flexibility index (Phi) is 4.13. The maximum atomic E-state index is 3.82. The van der Waals surface area contributed by atoms with Crippen molar-refractivity contribution < 1.29 is 0 Å². The van der Waals surface area contributed by atoms with Crippen molar-refractivity contribution in [2.45, 2.75) is 4.83 Å². The van der Waals surface area contributed by atoms with E-state index in [1.54, 1.807) is 11.3 Å². The van der Waals surface area contributed by atoms with E-state index < -0.39 is 0 Å². The van der Waals surface area contributed by atoms with Gasteiger partial charge in [-0.1, -0.05) is 62.2 Å². The Bertz CT molecular complexity index is 733. The molecular formula is C15H9Br3S. The number of fused-ring (bicyclic) bond motifs is 1. The van der Waals surface area contributed by atoms with Crippen LogP contribution in [-0.2, 0) is 0 Å². The van der Waals surface area contributed by atoms with Crippen LogP contribution in [0.1, 0.15) is 16.0 Å². The third-order valence-corrected chi connectivity index (χ3v) is 6.29. The lowest BCUT2D eigenvalue weighted by Gasteiger charge is -2.13. The van der Waals surface area contributed by atoms with Gasteiger partial charge in [0.2, 0.25) is 0 Å². The molecule has 0 radical (unpaired) electrons. The van der Waals surface area contributed by atoms with Gasteiger partial charge < -0.3 is 0 Å². The van der Waals surface area contributed by atoms with E-state index in [4.69, 9.17) is 0 Å². The van der Waals surface area contributed by atoms with Crippen molar-refractivity contribution in [2.24, 2.45) is 0 Å². The highest BCUT2D eigenvalue weighted by molar-refractivity contribution is 9.11. The Morgan fingerprint density at radius 2 is 1.68 bits per heavy atom. The summed E-state index contributed by atoms with van der Waals surface area (Å²) in [6.07, 6.45) is 0. The first-order valence-corrected chi connectivity index (χ1v) is 9.10. The highest BCUT2D eigenvalue weighted by Gasteiger charge is 2.15. The van der Waals surface area contributed by atoms with Gasteiger partial charge >= 0.3 is 0 Å². The van der Waals surface area contributed by atoms with Crippen molar-refractivity contribution in [3.8, 4) is 0 Å². The summed E-state index contributed by atoms with van der Waals surface area (Å²) in [4.78, 5) is 0.216. The predicted octanol–water partition coefficient (Wildman–Crippen LogP) is 6.91. The first-order valence-electron chi connectivity index (χ1n) is 5.72. The molecule has 0 spiro atoms. The fourth-order valence-corrected chi connectivity index (χ4v) is 4.66. The molecule has 0 aliphatic heterocycles. The van der Waals surface area contributed by atoms with Gasteiger partial charge in [0, 0.05) is 4.47 Å². The molecule has 1 atom stereocenters. The predicted molar refractivity (Wildman–Crippen MR) is 94.4 cm³/mol. The molecule has 0 saturated heterocycles. The molecule has 0 aliphatic carbocycles. The molecule has 1 heterocycles. The van der Waals surface area contributed by atoms with E-state index in [0.717, 1.165) is 8.26 Å². The molecule has 2 aromatic carbocycles. The van der Waals surface area contributed by atoms with Crippen LogP contribution in [0.15, 0.2) is 56.1 Å². The summed E-state index contributed by atoms with van der Waals surface area (Å²) in [5, 5.41) is 4.71. The molecule has 0 saturated carbocycles. The summed E-state index contributed by atoms with van der Waals surface area (Å²) < 4.78 is 2.30. The number of benzene rings is 2. The van der Waals surface area contributed by atoms with Crippen LogP contribution in [0.2, 0.25) is 0 Å². The summed E-state index contributed by atoms with van der Waals surface area (Å²) in [6.45, 7) is 0. The summed E-state index contributed by atoms with van der Waals surface area (Å²) in [6, 6.07) is 14.9. The Morgan fingerprint density at radius 3 is 2.37 bits per heavy atom. The van der Waals surface area contributed by atoms with Gasteiger partial charge in [-0.15, -0.1) is 11.3 Å². The van der Waals surface area contributed by atoms with Gasteiger partial charge in [-0.25, -0.2) is 0 Å². The summed E-state index contributed by atoms with van der Waals surface area (Å²) >= 11 is 12.7. The molecule has 3 aromatic rings. The fourth-order valence-electron chi connectivity index (χ4n) is 2.14. The highest BCUT2D eigenvalue weighted by atomic mass is 79.9. The highest BCUT2D eigenvalue weighted by Crippen LogP contribution is 2.39. The molecule has 0 fully saturated rings. The van der Waals surface area contributed by atoms with Gasteiger partial charge in [0.15, 0.2) is 0 Å². The molecule has 19 heavy (non-hydrogen) atoms. The van der Waals surface area contributed by atoms with Gasteiger partial charge in [-0.05, 0) is 55.3 Å². The molecule has 0 bridgehead atoms. The lowest BCUT2D eigenvalue weighted by Crippen LogP contribution is -1.92. The van der Waals surface area contributed by atoms with Crippen LogP contribution in [0.5, 0.6) is 0 Å². The van der Waals surface area contributed by atoms with E-state index in [1.165, 1.54) is 21.9 Å². The van der Waals surface area contributed by atoms with Crippen LogP contribution in [0.3, 0.4) is 0 Å². The van der Waals surface area contributed by atoms with Crippen LogP contribution >= 0.6 is 59.1 Å². The summed E-state index contributed by atoms with van der Waals surface area (Å²) in [5.74, 6) is 0. The molecular weight excluding hydrogens is 452 g/mol. The van der Waals surface area contributed by atoms with Crippen molar-refractivity contribution in [1.29, 1.82) is 0 Å². The fraction of sp³-hybridized carbons (Fsp3) is 0.0667. The standard InChI is InChI=1S/C15H9Br3S/c16-13-6-5-12(10-3-1-2-4-11(10)13)15(18)9-7-14(17)19-8-9/h1-8,15H. The Hall–Kier alpha value is -0.160. The third-order valence-electron chi connectivity index (χ3n) is 3.06. The number of halogens is 3. The Morgan fingerprint density at radius 1 is 0.947 bits per heavy atom. The van der Waals surface area contributed by atoms with E-state index in [0.29, 0.717) is 0 Å². The second kappa shape index (κ2) is 5.68. The largest absolute Gasteiger partial charge is 0.136 e. The van der Waals surface area contributed by atoms with E-state index >= 15 is 0 Å². The molecule has 3 rings (SSSR count). The lowest BCUT2D eigenvalue weighted by atomic mass is 10.00. The normalized spacial score (nSPS) is 12.8. The number of hydrogen-bond acceptors (Lipinski definition) is 1. The van der Waals surface area contributed by atoms with Crippen LogP contribution in [-0.4, -0.2) is 0 Å². The van der Waals surface area contributed by atoms with Gasteiger partial charge in [0.25, 0.3) is 0 Å². The van der Waals surface area contributed by atoms with Crippen LogP contribution in [0.4, 0.5) is 0 Å². The van der Waals surface area contributed by atoms with Crippen molar-refractivity contribution in [1.82, 2.24) is 0 Å². The molecule has 96 valence electrons. The zero-order chi connectivity index (χ0) is 13.4. The molecule has 0 aliphatic rings. The van der Waals surface area contributed by atoms with E-state index in [2.05, 4.69) is 95.6 Å². The smallest absolute Gasteiger partial charge is 0.0701 e. The molecule has 1 aromatic heterocycles. The molecule has 1 unspecified atom stereocenters. The average molecular weight is 461 g/mol. The van der Waals surface area contributed by atoms with E-state index in [-0.39, 0.29) is 4.83 Å². The summed E-state index contributed by atoms with van der Waals surface area (Å²) in [5.41, 5.74) is 2.58.